The Kier molecular flexibility index (Phi) is 5.84. The summed E-state index contributed by atoms with van der Waals surface area (Å²) in [5.41, 5.74) is 3.66. The minimum absolute atomic E-state index is 0.128. The maximum Gasteiger partial charge on any atom is 0.277 e. The molecule has 0 bridgehead atoms. The van der Waals surface area contributed by atoms with Crippen molar-refractivity contribution in [3.05, 3.63) is 84.4 Å². The number of ether oxygens (including phenoxy) is 1. The van der Waals surface area contributed by atoms with E-state index in [1.165, 1.54) is 6.21 Å². The molecule has 1 amide bonds. The van der Waals surface area contributed by atoms with Crippen molar-refractivity contribution < 1.29 is 14.6 Å². The first-order valence-corrected chi connectivity index (χ1v) is 8.52. The van der Waals surface area contributed by atoms with E-state index >= 15 is 0 Å². The second-order valence-corrected chi connectivity index (χ2v) is 5.94. The minimum Gasteiger partial charge on any atom is -0.507 e. The number of hydrogen-bond acceptors (Lipinski definition) is 4. The predicted octanol–water partition coefficient (Wildman–Crippen LogP) is 3.80. The maximum atomic E-state index is 11.9. The molecule has 3 aromatic carbocycles. The maximum absolute atomic E-state index is 11.9. The molecule has 0 aromatic heterocycles. The summed E-state index contributed by atoms with van der Waals surface area (Å²) in [5.74, 6) is 0.353. The molecule has 0 aliphatic carbocycles. The zero-order valence-corrected chi connectivity index (χ0v) is 14.8. The van der Waals surface area contributed by atoms with Gasteiger partial charge in [-0.2, -0.15) is 5.10 Å². The standard InChI is InChI=1S/C22H20N2O3/c1-2-6-17-9-5-10-19(22(17)26)14-23-24-21(25)15-27-20-12-11-16-7-3-4-8-18(16)13-20/h2-5,7-14,26H,1,6,15H2,(H,24,25)/b23-14-. The third kappa shape index (κ3) is 4.73. The molecule has 136 valence electrons. The largest absolute Gasteiger partial charge is 0.507 e. The van der Waals surface area contributed by atoms with Gasteiger partial charge in [-0.15, -0.1) is 6.58 Å². The van der Waals surface area contributed by atoms with E-state index in [-0.39, 0.29) is 18.3 Å². The number of benzene rings is 3. The molecule has 0 radical (unpaired) electrons. The molecule has 0 saturated carbocycles. The number of phenolic OH excluding ortho intramolecular Hbond substituents is 1. The molecular weight excluding hydrogens is 340 g/mol. The van der Waals surface area contributed by atoms with Gasteiger partial charge in [-0.05, 0) is 41.0 Å². The van der Waals surface area contributed by atoms with E-state index in [9.17, 15) is 9.90 Å². The molecule has 27 heavy (non-hydrogen) atoms. The first-order chi connectivity index (χ1) is 13.2. The Labute approximate surface area is 157 Å². The number of fused-ring (bicyclic) bond motifs is 1. The predicted molar refractivity (Wildman–Crippen MR) is 107 cm³/mol. The molecule has 5 heteroatoms. The number of amides is 1. The second kappa shape index (κ2) is 8.67. The normalized spacial score (nSPS) is 10.8. The van der Waals surface area contributed by atoms with Gasteiger partial charge in [0.25, 0.3) is 5.91 Å². The number of aromatic hydroxyl groups is 1. The summed E-state index contributed by atoms with van der Waals surface area (Å²) in [4.78, 5) is 11.9. The van der Waals surface area contributed by atoms with E-state index in [2.05, 4.69) is 17.1 Å². The van der Waals surface area contributed by atoms with Gasteiger partial charge in [0, 0.05) is 5.56 Å². The lowest BCUT2D eigenvalue weighted by atomic mass is 10.1. The number of rotatable bonds is 7. The van der Waals surface area contributed by atoms with Crippen LogP contribution in [0.4, 0.5) is 0 Å². The van der Waals surface area contributed by atoms with Crippen molar-refractivity contribution in [2.24, 2.45) is 5.10 Å². The molecule has 0 heterocycles. The zero-order chi connectivity index (χ0) is 19.1. The highest BCUT2D eigenvalue weighted by molar-refractivity contribution is 5.86. The Morgan fingerprint density at radius 2 is 1.93 bits per heavy atom. The number of allylic oxidation sites excluding steroid dienone is 1. The van der Waals surface area contributed by atoms with Crippen LogP contribution in [-0.2, 0) is 11.2 Å². The quantitative estimate of drug-likeness (QED) is 0.382. The third-order valence-electron chi connectivity index (χ3n) is 4.00. The van der Waals surface area contributed by atoms with Crippen molar-refractivity contribution >= 4 is 22.9 Å². The van der Waals surface area contributed by atoms with E-state index < -0.39 is 0 Å². The summed E-state index contributed by atoms with van der Waals surface area (Å²) in [6.45, 7) is 3.50. The summed E-state index contributed by atoms with van der Waals surface area (Å²) >= 11 is 0. The van der Waals surface area contributed by atoms with Crippen LogP contribution in [0.3, 0.4) is 0 Å². The van der Waals surface area contributed by atoms with Gasteiger partial charge in [-0.3, -0.25) is 4.79 Å². The Balaban J connectivity index is 1.55. The van der Waals surface area contributed by atoms with Gasteiger partial charge < -0.3 is 9.84 Å². The van der Waals surface area contributed by atoms with Gasteiger partial charge in [0.05, 0.1) is 6.21 Å². The Morgan fingerprint density at radius 3 is 2.74 bits per heavy atom. The highest BCUT2D eigenvalue weighted by atomic mass is 16.5. The van der Waals surface area contributed by atoms with Gasteiger partial charge in [0.1, 0.15) is 11.5 Å². The minimum atomic E-state index is -0.388. The fourth-order valence-electron chi connectivity index (χ4n) is 2.65. The molecule has 0 fully saturated rings. The summed E-state index contributed by atoms with van der Waals surface area (Å²) < 4.78 is 5.51. The van der Waals surface area contributed by atoms with Crippen LogP contribution in [-0.4, -0.2) is 23.8 Å². The van der Waals surface area contributed by atoms with E-state index in [1.54, 1.807) is 12.1 Å². The Morgan fingerprint density at radius 1 is 1.11 bits per heavy atom. The van der Waals surface area contributed by atoms with Crippen molar-refractivity contribution in [2.45, 2.75) is 6.42 Å². The molecule has 0 atom stereocenters. The summed E-state index contributed by atoms with van der Waals surface area (Å²) in [7, 11) is 0. The van der Waals surface area contributed by atoms with Crippen molar-refractivity contribution in [3.8, 4) is 11.5 Å². The van der Waals surface area contributed by atoms with E-state index in [0.717, 1.165) is 16.3 Å². The Bertz CT molecular complexity index is 996. The third-order valence-corrected chi connectivity index (χ3v) is 4.00. The number of phenols is 1. The average molecular weight is 360 g/mol. The summed E-state index contributed by atoms with van der Waals surface area (Å²) in [6, 6.07) is 18.9. The van der Waals surface area contributed by atoms with Gasteiger partial charge in [0.2, 0.25) is 0 Å². The van der Waals surface area contributed by atoms with E-state index in [1.807, 2.05) is 54.6 Å². The van der Waals surface area contributed by atoms with Crippen LogP contribution in [0.5, 0.6) is 11.5 Å². The van der Waals surface area contributed by atoms with E-state index in [4.69, 9.17) is 4.74 Å². The highest BCUT2D eigenvalue weighted by Crippen LogP contribution is 2.22. The average Bonchev–Trinajstić information content (AvgIpc) is 2.69. The summed E-state index contributed by atoms with van der Waals surface area (Å²) in [6.07, 6.45) is 3.66. The lowest BCUT2D eigenvalue weighted by molar-refractivity contribution is -0.123. The SMILES string of the molecule is C=CCc1cccc(/C=N\NC(=O)COc2ccc3ccccc3c2)c1O. The van der Waals surface area contributed by atoms with Crippen molar-refractivity contribution in [1.82, 2.24) is 5.43 Å². The topological polar surface area (TPSA) is 70.9 Å². The molecule has 3 aromatic rings. The van der Waals surface area contributed by atoms with E-state index in [0.29, 0.717) is 17.7 Å². The van der Waals surface area contributed by atoms with Crippen molar-refractivity contribution in [1.29, 1.82) is 0 Å². The number of nitrogens with one attached hydrogen (secondary N) is 1. The lowest BCUT2D eigenvalue weighted by Gasteiger charge is -2.07. The van der Waals surface area contributed by atoms with Gasteiger partial charge in [-0.25, -0.2) is 5.43 Å². The number of hydrazone groups is 1. The van der Waals surface area contributed by atoms with Crippen LogP contribution in [0, 0.1) is 0 Å². The molecule has 3 rings (SSSR count). The van der Waals surface area contributed by atoms with Crippen LogP contribution in [0.25, 0.3) is 10.8 Å². The van der Waals surface area contributed by atoms with Crippen molar-refractivity contribution in [2.75, 3.05) is 6.61 Å². The monoisotopic (exact) mass is 360 g/mol. The fourth-order valence-corrected chi connectivity index (χ4v) is 2.65. The molecule has 5 nitrogen and oxygen atoms in total. The molecule has 0 spiro atoms. The van der Waals surface area contributed by atoms with Crippen LogP contribution in [0.15, 0.2) is 78.4 Å². The zero-order valence-electron chi connectivity index (χ0n) is 14.8. The molecule has 0 aliphatic rings. The number of para-hydroxylation sites is 1. The Hall–Kier alpha value is -3.60. The van der Waals surface area contributed by atoms with Gasteiger partial charge in [0.15, 0.2) is 6.61 Å². The number of hydrogen-bond donors (Lipinski definition) is 2. The molecule has 0 aliphatic heterocycles. The lowest BCUT2D eigenvalue weighted by Crippen LogP contribution is -2.24. The smallest absolute Gasteiger partial charge is 0.277 e. The van der Waals surface area contributed by atoms with Gasteiger partial charge in [-0.1, -0.05) is 48.5 Å². The molecule has 0 saturated heterocycles. The second-order valence-electron chi connectivity index (χ2n) is 5.94. The first-order valence-electron chi connectivity index (χ1n) is 8.52. The van der Waals surface area contributed by atoms with Crippen LogP contribution < -0.4 is 10.2 Å². The fraction of sp³-hybridized carbons (Fsp3) is 0.0909. The van der Waals surface area contributed by atoms with Crippen LogP contribution in [0.1, 0.15) is 11.1 Å². The first kappa shape index (κ1) is 18.2. The number of carbonyl (C=O) groups excluding carboxylic acids is 1. The van der Waals surface area contributed by atoms with Gasteiger partial charge >= 0.3 is 0 Å². The molecule has 2 N–H and O–H groups in total. The summed E-state index contributed by atoms with van der Waals surface area (Å²) in [5, 5.41) is 16.2. The molecule has 0 unspecified atom stereocenters. The number of nitrogens with zero attached hydrogens (tertiary/aromatic N) is 1. The van der Waals surface area contributed by atoms with Crippen LogP contribution >= 0.6 is 0 Å². The molecular formula is C22H20N2O3. The van der Waals surface area contributed by atoms with Crippen LogP contribution in [0.2, 0.25) is 0 Å². The van der Waals surface area contributed by atoms with Crippen molar-refractivity contribution in [3.63, 3.8) is 0 Å². The highest BCUT2D eigenvalue weighted by Gasteiger charge is 2.05. The number of carbonyl (C=O) groups is 1.